The summed E-state index contributed by atoms with van der Waals surface area (Å²) in [6.07, 6.45) is 2.73. The number of hydrogen-bond acceptors (Lipinski definition) is 1. The van der Waals surface area contributed by atoms with Crippen molar-refractivity contribution < 1.29 is 0 Å². The second-order valence-electron chi connectivity index (χ2n) is 7.09. The predicted octanol–water partition coefficient (Wildman–Crippen LogP) is 4.73. The summed E-state index contributed by atoms with van der Waals surface area (Å²) in [7, 11) is 0. The van der Waals surface area contributed by atoms with Crippen LogP contribution in [0.25, 0.3) is 0 Å². The molecule has 0 radical (unpaired) electrons. The molecule has 84 valence electrons. The van der Waals surface area contributed by atoms with E-state index in [2.05, 4.69) is 60.2 Å². The second-order valence-corrected chi connectivity index (χ2v) is 9.51. The van der Waals surface area contributed by atoms with Crippen LogP contribution in [0, 0.1) is 11.3 Å². The van der Waals surface area contributed by atoms with Crippen molar-refractivity contribution in [1.29, 1.82) is 0 Å². The van der Waals surface area contributed by atoms with Crippen LogP contribution >= 0.6 is 11.8 Å². The number of hydrogen-bond donors (Lipinski definition) is 0. The van der Waals surface area contributed by atoms with Crippen LogP contribution in [0.2, 0.25) is 0 Å². The molecule has 0 aliphatic carbocycles. The zero-order valence-corrected chi connectivity index (χ0v) is 11.7. The number of rotatable bonds is 0. The van der Waals surface area contributed by atoms with Crippen molar-refractivity contribution in [2.24, 2.45) is 11.3 Å². The highest BCUT2D eigenvalue weighted by atomic mass is 32.2. The Morgan fingerprint density at radius 1 is 0.929 bits per heavy atom. The zero-order chi connectivity index (χ0) is 11.2. The fourth-order valence-electron chi connectivity index (χ4n) is 2.70. The van der Waals surface area contributed by atoms with Gasteiger partial charge in [0.1, 0.15) is 0 Å². The average molecular weight is 214 g/mol. The van der Waals surface area contributed by atoms with Crippen LogP contribution in [-0.4, -0.2) is 9.49 Å². The summed E-state index contributed by atoms with van der Waals surface area (Å²) in [4.78, 5) is 0. The quantitative estimate of drug-likeness (QED) is 0.561. The van der Waals surface area contributed by atoms with Crippen LogP contribution in [0.1, 0.15) is 61.3 Å². The van der Waals surface area contributed by atoms with Gasteiger partial charge >= 0.3 is 0 Å². The van der Waals surface area contributed by atoms with Crippen molar-refractivity contribution in [3.8, 4) is 0 Å². The minimum atomic E-state index is 0.458. The van der Waals surface area contributed by atoms with Crippen LogP contribution in [0.5, 0.6) is 0 Å². The van der Waals surface area contributed by atoms with E-state index >= 15 is 0 Å². The SMILES string of the molecule is CC1(C)CC(C(C)(C)C)CC(C)(C)S1. The molecular formula is C13H26S. The molecule has 0 N–H and O–H groups in total. The Morgan fingerprint density at radius 3 is 1.57 bits per heavy atom. The lowest BCUT2D eigenvalue weighted by Crippen LogP contribution is -2.41. The molecule has 0 bridgehead atoms. The second kappa shape index (κ2) is 3.43. The van der Waals surface area contributed by atoms with Crippen molar-refractivity contribution in [2.75, 3.05) is 0 Å². The van der Waals surface area contributed by atoms with Crippen LogP contribution in [0.3, 0.4) is 0 Å². The standard InChI is InChI=1S/C13H26S/c1-11(2,3)10-8-12(4,5)14-13(6,7)9-10/h10H,8-9H2,1-7H3. The van der Waals surface area contributed by atoms with E-state index in [0.717, 1.165) is 5.92 Å². The fraction of sp³-hybridized carbons (Fsp3) is 1.00. The third-order valence-electron chi connectivity index (χ3n) is 3.25. The van der Waals surface area contributed by atoms with Crippen molar-refractivity contribution in [2.45, 2.75) is 70.8 Å². The molecule has 1 saturated heterocycles. The van der Waals surface area contributed by atoms with Crippen LogP contribution < -0.4 is 0 Å². The van der Waals surface area contributed by atoms with Gasteiger partial charge in [0.15, 0.2) is 0 Å². The predicted molar refractivity (Wildman–Crippen MR) is 67.9 cm³/mol. The molecule has 1 fully saturated rings. The molecule has 0 amide bonds. The Balaban J connectivity index is 2.82. The van der Waals surface area contributed by atoms with Crippen molar-refractivity contribution >= 4 is 11.8 Å². The molecule has 0 atom stereocenters. The lowest BCUT2D eigenvalue weighted by atomic mass is 9.71. The van der Waals surface area contributed by atoms with E-state index in [1.165, 1.54) is 12.8 Å². The summed E-state index contributed by atoms with van der Waals surface area (Å²) in [5.41, 5.74) is 0.468. The highest BCUT2D eigenvalue weighted by Gasteiger charge is 2.42. The third-order valence-corrected chi connectivity index (χ3v) is 4.69. The summed E-state index contributed by atoms with van der Waals surface area (Å²) in [6, 6.07) is 0. The van der Waals surface area contributed by atoms with Gasteiger partial charge in [-0.1, -0.05) is 48.5 Å². The maximum atomic E-state index is 2.40. The lowest BCUT2D eigenvalue weighted by molar-refractivity contribution is 0.176. The monoisotopic (exact) mass is 214 g/mol. The molecule has 1 rings (SSSR count). The van der Waals surface area contributed by atoms with Crippen molar-refractivity contribution in [3.63, 3.8) is 0 Å². The van der Waals surface area contributed by atoms with E-state index in [4.69, 9.17) is 0 Å². The minimum Gasteiger partial charge on any atom is -0.149 e. The first-order valence-corrected chi connectivity index (χ1v) is 6.54. The van der Waals surface area contributed by atoms with Gasteiger partial charge in [0, 0.05) is 9.49 Å². The van der Waals surface area contributed by atoms with Gasteiger partial charge in [0.25, 0.3) is 0 Å². The highest BCUT2D eigenvalue weighted by molar-refractivity contribution is 8.01. The molecule has 1 aliphatic rings. The molecular weight excluding hydrogens is 188 g/mol. The lowest BCUT2D eigenvalue weighted by Gasteiger charge is -2.48. The molecule has 1 heteroatoms. The Morgan fingerprint density at radius 2 is 1.29 bits per heavy atom. The minimum absolute atomic E-state index is 0.458. The van der Waals surface area contributed by atoms with Crippen LogP contribution in [0.15, 0.2) is 0 Å². The summed E-state index contributed by atoms with van der Waals surface area (Å²) in [6.45, 7) is 16.8. The summed E-state index contributed by atoms with van der Waals surface area (Å²) in [5, 5.41) is 0. The maximum Gasteiger partial charge on any atom is 0.0111 e. The molecule has 0 saturated carbocycles. The Hall–Kier alpha value is 0.350. The maximum absolute atomic E-state index is 2.40. The van der Waals surface area contributed by atoms with Crippen LogP contribution in [-0.2, 0) is 0 Å². The van der Waals surface area contributed by atoms with E-state index in [1.54, 1.807) is 0 Å². The molecule has 1 heterocycles. The smallest absolute Gasteiger partial charge is 0.0111 e. The average Bonchev–Trinajstić information content (AvgIpc) is 1.76. The summed E-state index contributed by atoms with van der Waals surface area (Å²) < 4.78 is 0.916. The molecule has 0 nitrogen and oxygen atoms in total. The highest BCUT2D eigenvalue weighted by Crippen LogP contribution is 2.53. The Kier molecular flexibility index (Phi) is 3.05. The van der Waals surface area contributed by atoms with Gasteiger partial charge < -0.3 is 0 Å². The molecule has 0 aromatic heterocycles. The summed E-state index contributed by atoms with van der Waals surface area (Å²) >= 11 is 2.17. The van der Waals surface area contributed by atoms with Gasteiger partial charge in [-0.15, -0.1) is 11.8 Å². The first kappa shape index (κ1) is 12.4. The third kappa shape index (κ3) is 3.18. The van der Waals surface area contributed by atoms with Gasteiger partial charge in [0.2, 0.25) is 0 Å². The van der Waals surface area contributed by atoms with Crippen molar-refractivity contribution in [1.82, 2.24) is 0 Å². The van der Waals surface area contributed by atoms with Gasteiger partial charge in [-0.05, 0) is 24.2 Å². The molecule has 0 spiro atoms. The van der Waals surface area contributed by atoms with Gasteiger partial charge in [-0.3, -0.25) is 0 Å². The topological polar surface area (TPSA) is 0 Å². The molecule has 0 aromatic carbocycles. The van der Waals surface area contributed by atoms with Gasteiger partial charge in [-0.25, -0.2) is 0 Å². The first-order chi connectivity index (χ1) is 6.02. The van der Waals surface area contributed by atoms with E-state index in [9.17, 15) is 0 Å². The zero-order valence-electron chi connectivity index (χ0n) is 10.9. The van der Waals surface area contributed by atoms with E-state index in [-0.39, 0.29) is 0 Å². The Bertz CT molecular complexity index is 192. The van der Waals surface area contributed by atoms with Crippen molar-refractivity contribution in [3.05, 3.63) is 0 Å². The normalized spacial score (nSPS) is 27.6. The van der Waals surface area contributed by atoms with Crippen LogP contribution in [0.4, 0.5) is 0 Å². The first-order valence-electron chi connectivity index (χ1n) is 5.72. The van der Waals surface area contributed by atoms with E-state index in [0.29, 0.717) is 14.9 Å². The Labute approximate surface area is 94.2 Å². The molecule has 1 aliphatic heterocycles. The van der Waals surface area contributed by atoms with E-state index in [1.807, 2.05) is 0 Å². The molecule has 14 heavy (non-hydrogen) atoms. The molecule has 0 aromatic rings. The molecule has 0 unspecified atom stereocenters. The number of thioether (sulfide) groups is 1. The fourth-order valence-corrected chi connectivity index (χ4v) is 4.77. The largest absolute Gasteiger partial charge is 0.149 e. The van der Waals surface area contributed by atoms with E-state index < -0.39 is 0 Å². The van der Waals surface area contributed by atoms with Gasteiger partial charge in [-0.2, -0.15) is 0 Å². The summed E-state index contributed by atoms with van der Waals surface area (Å²) in [5.74, 6) is 0.869. The van der Waals surface area contributed by atoms with Gasteiger partial charge in [0.05, 0.1) is 0 Å².